The smallest absolute Gasteiger partial charge is 0.142 e. The van der Waals surface area contributed by atoms with Crippen molar-refractivity contribution in [2.24, 2.45) is 0 Å². The van der Waals surface area contributed by atoms with E-state index in [0.29, 0.717) is 11.8 Å². The number of hydrogen-bond acceptors (Lipinski definition) is 2. The lowest BCUT2D eigenvalue weighted by molar-refractivity contribution is -0.104. The third-order valence-corrected chi connectivity index (χ3v) is 1.61. The number of hydrogen-bond donors (Lipinski definition) is 1. The molecule has 13 heavy (non-hydrogen) atoms. The first-order valence-corrected chi connectivity index (χ1v) is 3.79. The Kier molecular flexibility index (Phi) is 3.34. The van der Waals surface area contributed by atoms with Crippen molar-refractivity contribution in [3.63, 3.8) is 0 Å². The molecule has 0 aromatic heterocycles. The van der Waals surface area contributed by atoms with Gasteiger partial charge in [-0.1, -0.05) is 12.1 Å². The number of halogens is 1. The Morgan fingerprint density at radius 1 is 1.46 bits per heavy atom. The predicted molar refractivity (Wildman–Crippen MR) is 47.4 cm³/mol. The van der Waals surface area contributed by atoms with E-state index in [0.717, 1.165) is 0 Å². The van der Waals surface area contributed by atoms with Crippen LogP contribution in [-0.4, -0.2) is 11.4 Å². The molecule has 0 aliphatic rings. The zero-order valence-electron chi connectivity index (χ0n) is 6.90. The van der Waals surface area contributed by atoms with Gasteiger partial charge in [-0.2, -0.15) is 0 Å². The first kappa shape index (κ1) is 9.61. The molecule has 1 aromatic carbocycles. The van der Waals surface area contributed by atoms with Crippen LogP contribution in [0.1, 0.15) is 11.1 Å². The van der Waals surface area contributed by atoms with E-state index in [9.17, 15) is 9.18 Å². The van der Waals surface area contributed by atoms with E-state index in [1.165, 1.54) is 24.3 Å². The third kappa shape index (κ3) is 2.49. The number of aldehydes is 1. The molecule has 0 saturated carbocycles. The molecule has 68 valence electrons. The summed E-state index contributed by atoms with van der Waals surface area (Å²) in [6.07, 6.45) is 3.50. The lowest BCUT2D eigenvalue weighted by atomic mass is 10.1. The van der Waals surface area contributed by atoms with Crippen molar-refractivity contribution in [2.45, 2.75) is 6.61 Å². The Balaban J connectivity index is 2.99. The third-order valence-electron chi connectivity index (χ3n) is 1.61. The molecule has 1 N–H and O–H groups in total. The van der Waals surface area contributed by atoms with Crippen molar-refractivity contribution in [1.29, 1.82) is 0 Å². The second-order valence-corrected chi connectivity index (χ2v) is 2.50. The Labute approximate surface area is 75.3 Å². The van der Waals surface area contributed by atoms with Crippen LogP contribution in [0.2, 0.25) is 0 Å². The van der Waals surface area contributed by atoms with Crippen molar-refractivity contribution in [1.82, 2.24) is 0 Å². The molecule has 0 heterocycles. The van der Waals surface area contributed by atoms with Crippen LogP contribution in [0.5, 0.6) is 0 Å². The molecule has 2 nitrogen and oxygen atoms in total. The molecule has 1 rings (SSSR count). The molecular formula is C10H9FO2. The summed E-state index contributed by atoms with van der Waals surface area (Å²) in [6, 6.07) is 4.29. The second-order valence-electron chi connectivity index (χ2n) is 2.50. The summed E-state index contributed by atoms with van der Waals surface area (Å²) in [4.78, 5) is 9.99. The number of allylic oxidation sites excluding steroid dienone is 1. The van der Waals surface area contributed by atoms with Crippen molar-refractivity contribution in [3.05, 3.63) is 41.2 Å². The highest BCUT2D eigenvalue weighted by atomic mass is 19.1. The molecule has 1 aromatic rings. The lowest BCUT2D eigenvalue weighted by Gasteiger charge is -1.99. The summed E-state index contributed by atoms with van der Waals surface area (Å²) < 4.78 is 12.8. The minimum Gasteiger partial charge on any atom is -0.392 e. The van der Waals surface area contributed by atoms with Crippen molar-refractivity contribution >= 4 is 12.4 Å². The van der Waals surface area contributed by atoms with E-state index in [4.69, 9.17) is 5.11 Å². The highest BCUT2D eigenvalue weighted by Gasteiger charge is 1.99. The van der Waals surface area contributed by atoms with Crippen LogP contribution in [0, 0.1) is 5.82 Å². The standard InChI is InChI=1S/C10H9FO2/c11-10-4-3-8(2-1-5-12)6-9(10)7-13/h1-6,13H,7H2. The molecule has 0 amide bonds. The lowest BCUT2D eigenvalue weighted by Crippen LogP contribution is -1.89. The van der Waals surface area contributed by atoms with Crippen LogP contribution in [0.4, 0.5) is 4.39 Å². The zero-order valence-corrected chi connectivity index (χ0v) is 6.90. The monoisotopic (exact) mass is 180 g/mol. The summed E-state index contributed by atoms with van der Waals surface area (Å²) in [7, 11) is 0. The normalized spacial score (nSPS) is 10.6. The molecule has 0 aliphatic heterocycles. The van der Waals surface area contributed by atoms with Crippen LogP contribution in [0.15, 0.2) is 24.3 Å². The van der Waals surface area contributed by atoms with E-state index in [2.05, 4.69) is 0 Å². The highest BCUT2D eigenvalue weighted by molar-refractivity contribution is 5.73. The maximum Gasteiger partial charge on any atom is 0.142 e. The Morgan fingerprint density at radius 2 is 2.23 bits per heavy atom. The molecule has 0 spiro atoms. The van der Waals surface area contributed by atoms with Crippen molar-refractivity contribution < 1.29 is 14.3 Å². The van der Waals surface area contributed by atoms with Crippen LogP contribution in [-0.2, 0) is 11.4 Å². The van der Waals surface area contributed by atoms with Crippen LogP contribution >= 0.6 is 0 Å². The van der Waals surface area contributed by atoms with E-state index in [1.54, 1.807) is 6.08 Å². The van der Waals surface area contributed by atoms with Gasteiger partial charge in [0.1, 0.15) is 12.1 Å². The number of aliphatic hydroxyl groups excluding tert-OH is 1. The Bertz CT molecular complexity index is 332. The highest BCUT2D eigenvalue weighted by Crippen LogP contribution is 2.11. The Hall–Kier alpha value is -1.48. The van der Waals surface area contributed by atoms with Gasteiger partial charge in [0.2, 0.25) is 0 Å². The van der Waals surface area contributed by atoms with Crippen LogP contribution in [0.3, 0.4) is 0 Å². The molecular weight excluding hydrogens is 171 g/mol. The number of carbonyl (C=O) groups is 1. The van der Waals surface area contributed by atoms with E-state index in [-0.39, 0.29) is 12.2 Å². The molecule has 0 aliphatic carbocycles. The zero-order chi connectivity index (χ0) is 9.68. The summed E-state index contributed by atoms with van der Waals surface area (Å²) in [5, 5.41) is 8.73. The van der Waals surface area contributed by atoms with Gasteiger partial charge in [0.25, 0.3) is 0 Å². The summed E-state index contributed by atoms with van der Waals surface area (Å²) in [5.41, 5.74) is 0.922. The van der Waals surface area contributed by atoms with Crippen LogP contribution < -0.4 is 0 Å². The molecule has 0 unspecified atom stereocenters. The van der Waals surface area contributed by atoms with Gasteiger partial charge in [-0.05, 0) is 23.8 Å². The summed E-state index contributed by atoms with van der Waals surface area (Å²) in [5.74, 6) is -0.439. The van der Waals surface area contributed by atoms with E-state index >= 15 is 0 Å². The average Bonchev–Trinajstić information content (AvgIpc) is 2.16. The van der Waals surface area contributed by atoms with Gasteiger partial charge in [-0.25, -0.2) is 4.39 Å². The SMILES string of the molecule is O=CC=Cc1ccc(F)c(CO)c1. The van der Waals surface area contributed by atoms with E-state index in [1.807, 2.05) is 0 Å². The van der Waals surface area contributed by atoms with Crippen LogP contribution in [0.25, 0.3) is 6.08 Å². The fraction of sp³-hybridized carbons (Fsp3) is 0.100. The largest absolute Gasteiger partial charge is 0.392 e. The molecule has 0 fully saturated rings. The number of benzene rings is 1. The van der Waals surface area contributed by atoms with Gasteiger partial charge < -0.3 is 5.11 Å². The summed E-state index contributed by atoms with van der Waals surface area (Å²) >= 11 is 0. The van der Waals surface area contributed by atoms with Crippen molar-refractivity contribution in [3.8, 4) is 0 Å². The average molecular weight is 180 g/mol. The van der Waals surface area contributed by atoms with Gasteiger partial charge in [0.15, 0.2) is 0 Å². The summed E-state index contributed by atoms with van der Waals surface area (Å²) in [6.45, 7) is -0.339. The molecule has 3 heteroatoms. The molecule has 0 radical (unpaired) electrons. The van der Waals surface area contributed by atoms with Crippen molar-refractivity contribution in [2.75, 3.05) is 0 Å². The van der Waals surface area contributed by atoms with Gasteiger partial charge in [0.05, 0.1) is 6.61 Å². The quantitative estimate of drug-likeness (QED) is 0.565. The van der Waals surface area contributed by atoms with E-state index < -0.39 is 5.82 Å². The molecule has 0 saturated heterocycles. The van der Waals surface area contributed by atoms with Gasteiger partial charge in [-0.15, -0.1) is 0 Å². The first-order valence-electron chi connectivity index (χ1n) is 3.79. The van der Waals surface area contributed by atoms with Gasteiger partial charge in [-0.3, -0.25) is 4.79 Å². The fourth-order valence-electron chi connectivity index (χ4n) is 0.970. The van der Waals surface area contributed by atoms with Gasteiger partial charge >= 0.3 is 0 Å². The Morgan fingerprint density at radius 3 is 2.85 bits per heavy atom. The number of carbonyl (C=O) groups excluding carboxylic acids is 1. The predicted octanol–water partition coefficient (Wildman–Crippen LogP) is 1.53. The topological polar surface area (TPSA) is 37.3 Å². The number of rotatable bonds is 3. The fourth-order valence-corrected chi connectivity index (χ4v) is 0.970. The number of aliphatic hydroxyl groups is 1. The first-order chi connectivity index (χ1) is 6.27. The minimum atomic E-state index is -0.439. The second kappa shape index (κ2) is 4.52. The maximum atomic E-state index is 12.8. The van der Waals surface area contributed by atoms with Gasteiger partial charge in [0, 0.05) is 5.56 Å². The maximum absolute atomic E-state index is 12.8. The minimum absolute atomic E-state index is 0.230. The molecule has 0 atom stereocenters. The molecule has 0 bridgehead atoms.